The summed E-state index contributed by atoms with van der Waals surface area (Å²) in [5, 5.41) is 3.43. The van der Waals surface area contributed by atoms with Crippen molar-refractivity contribution in [2.24, 2.45) is 0 Å². The van der Waals surface area contributed by atoms with E-state index in [1.807, 2.05) is 6.92 Å². The highest BCUT2D eigenvalue weighted by atomic mass is 14.9. The van der Waals surface area contributed by atoms with E-state index in [2.05, 4.69) is 59.6 Å². The lowest BCUT2D eigenvalue weighted by Gasteiger charge is -2.07. The molecule has 2 aromatic carbocycles. The number of hydrogen-bond acceptors (Lipinski definition) is 1. The highest BCUT2D eigenvalue weighted by Gasteiger charge is 2.17. The minimum absolute atomic E-state index is 0.897. The minimum atomic E-state index is 0.897. The predicted molar refractivity (Wildman–Crippen MR) is 81.2 cm³/mol. The zero-order valence-electron chi connectivity index (χ0n) is 11.2. The van der Waals surface area contributed by atoms with Crippen LogP contribution in [0.2, 0.25) is 0 Å². The fourth-order valence-electron chi connectivity index (χ4n) is 2.65. The van der Waals surface area contributed by atoms with Crippen LogP contribution in [0.1, 0.15) is 24.5 Å². The Morgan fingerprint density at radius 2 is 1.89 bits per heavy atom. The topological polar surface area (TPSA) is 12.0 Å². The van der Waals surface area contributed by atoms with Crippen molar-refractivity contribution < 1.29 is 0 Å². The van der Waals surface area contributed by atoms with Gasteiger partial charge in [-0.05, 0) is 47.7 Å². The fraction of sp³-hybridized carbons (Fsp3) is 0.222. The first-order valence-corrected chi connectivity index (χ1v) is 6.73. The molecule has 19 heavy (non-hydrogen) atoms. The van der Waals surface area contributed by atoms with E-state index in [0.717, 1.165) is 19.4 Å². The molecule has 0 amide bonds. The SMILES string of the molecule is CC#CCCNc1ccc2c(c1)Cc1ccccc1-2. The van der Waals surface area contributed by atoms with E-state index in [9.17, 15) is 0 Å². The van der Waals surface area contributed by atoms with E-state index in [1.54, 1.807) is 0 Å². The van der Waals surface area contributed by atoms with E-state index in [1.165, 1.54) is 27.9 Å². The maximum absolute atomic E-state index is 3.43. The second-order valence-electron chi connectivity index (χ2n) is 4.81. The van der Waals surface area contributed by atoms with Gasteiger partial charge in [0, 0.05) is 18.7 Å². The molecule has 1 aliphatic carbocycles. The Balaban J connectivity index is 1.79. The molecular weight excluding hydrogens is 230 g/mol. The van der Waals surface area contributed by atoms with E-state index in [4.69, 9.17) is 0 Å². The summed E-state index contributed by atoms with van der Waals surface area (Å²) in [6, 6.07) is 15.3. The molecule has 0 saturated carbocycles. The van der Waals surface area contributed by atoms with Crippen LogP contribution in [0.15, 0.2) is 42.5 Å². The highest BCUT2D eigenvalue weighted by Crippen LogP contribution is 2.37. The van der Waals surface area contributed by atoms with Crippen molar-refractivity contribution in [2.45, 2.75) is 19.8 Å². The van der Waals surface area contributed by atoms with Gasteiger partial charge in [-0.2, -0.15) is 0 Å². The summed E-state index contributed by atoms with van der Waals surface area (Å²) in [6.45, 7) is 2.79. The number of rotatable bonds is 3. The fourth-order valence-corrected chi connectivity index (χ4v) is 2.65. The summed E-state index contributed by atoms with van der Waals surface area (Å²) in [5.74, 6) is 5.99. The lowest BCUT2D eigenvalue weighted by atomic mass is 10.1. The van der Waals surface area contributed by atoms with E-state index < -0.39 is 0 Å². The molecule has 0 fully saturated rings. The van der Waals surface area contributed by atoms with Gasteiger partial charge in [-0.3, -0.25) is 0 Å². The third-order valence-corrected chi connectivity index (χ3v) is 3.55. The van der Waals surface area contributed by atoms with Gasteiger partial charge >= 0.3 is 0 Å². The van der Waals surface area contributed by atoms with E-state index in [-0.39, 0.29) is 0 Å². The highest BCUT2D eigenvalue weighted by molar-refractivity contribution is 5.78. The normalized spacial score (nSPS) is 11.2. The lowest BCUT2D eigenvalue weighted by molar-refractivity contribution is 1.09. The van der Waals surface area contributed by atoms with E-state index >= 15 is 0 Å². The zero-order valence-corrected chi connectivity index (χ0v) is 11.2. The molecule has 0 aliphatic heterocycles. The van der Waals surface area contributed by atoms with Crippen molar-refractivity contribution in [2.75, 3.05) is 11.9 Å². The second-order valence-corrected chi connectivity index (χ2v) is 4.81. The van der Waals surface area contributed by atoms with Crippen molar-refractivity contribution in [1.29, 1.82) is 0 Å². The van der Waals surface area contributed by atoms with Crippen molar-refractivity contribution in [1.82, 2.24) is 0 Å². The molecule has 1 aliphatic rings. The molecule has 0 spiro atoms. The summed E-state index contributed by atoms with van der Waals surface area (Å²) in [4.78, 5) is 0. The van der Waals surface area contributed by atoms with Crippen LogP contribution in [0.25, 0.3) is 11.1 Å². The molecule has 2 aromatic rings. The van der Waals surface area contributed by atoms with Gasteiger partial charge in [-0.1, -0.05) is 30.3 Å². The average molecular weight is 247 g/mol. The number of benzene rings is 2. The van der Waals surface area contributed by atoms with Gasteiger partial charge in [0.2, 0.25) is 0 Å². The van der Waals surface area contributed by atoms with Gasteiger partial charge in [-0.25, -0.2) is 0 Å². The number of hydrogen-bond donors (Lipinski definition) is 1. The van der Waals surface area contributed by atoms with Crippen LogP contribution >= 0.6 is 0 Å². The summed E-state index contributed by atoms with van der Waals surface area (Å²) < 4.78 is 0. The van der Waals surface area contributed by atoms with Crippen molar-refractivity contribution in [3.8, 4) is 23.0 Å². The maximum Gasteiger partial charge on any atom is 0.0343 e. The van der Waals surface area contributed by atoms with Crippen molar-refractivity contribution in [3.63, 3.8) is 0 Å². The standard InChI is InChI=1S/C18H17N/c1-2-3-6-11-19-16-9-10-18-15(13-16)12-14-7-4-5-8-17(14)18/h4-5,7-10,13,19H,6,11-12H2,1H3. The van der Waals surface area contributed by atoms with Crippen LogP contribution in [0, 0.1) is 11.8 Å². The molecule has 94 valence electrons. The molecule has 0 radical (unpaired) electrons. The van der Waals surface area contributed by atoms with Crippen LogP contribution in [-0.4, -0.2) is 6.54 Å². The Kier molecular flexibility index (Phi) is 3.25. The van der Waals surface area contributed by atoms with Gasteiger partial charge in [-0.15, -0.1) is 11.8 Å². The number of fused-ring (bicyclic) bond motifs is 3. The monoisotopic (exact) mass is 247 g/mol. The van der Waals surface area contributed by atoms with Crippen LogP contribution in [-0.2, 0) is 6.42 Å². The first-order chi connectivity index (χ1) is 9.38. The average Bonchev–Trinajstić information content (AvgIpc) is 2.81. The van der Waals surface area contributed by atoms with Crippen LogP contribution in [0.3, 0.4) is 0 Å². The van der Waals surface area contributed by atoms with E-state index in [0.29, 0.717) is 0 Å². The molecule has 0 heterocycles. The zero-order chi connectivity index (χ0) is 13.1. The first-order valence-electron chi connectivity index (χ1n) is 6.73. The molecule has 1 N–H and O–H groups in total. The summed E-state index contributed by atoms with van der Waals surface area (Å²) in [5.41, 5.74) is 6.83. The Bertz CT molecular complexity index is 659. The van der Waals surface area contributed by atoms with Crippen LogP contribution in [0.5, 0.6) is 0 Å². The predicted octanol–water partition coefficient (Wildman–Crippen LogP) is 4.08. The molecule has 0 aromatic heterocycles. The molecule has 0 atom stereocenters. The lowest BCUT2D eigenvalue weighted by Crippen LogP contribution is -2.00. The molecule has 0 saturated heterocycles. The Labute approximate surface area is 114 Å². The summed E-state index contributed by atoms with van der Waals surface area (Å²) in [6.07, 6.45) is 1.95. The number of nitrogens with one attached hydrogen (secondary N) is 1. The maximum atomic E-state index is 3.43. The van der Waals surface area contributed by atoms with Crippen molar-refractivity contribution >= 4 is 5.69 Å². The quantitative estimate of drug-likeness (QED) is 0.543. The molecule has 0 unspecified atom stereocenters. The van der Waals surface area contributed by atoms with Gasteiger partial charge in [0.1, 0.15) is 0 Å². The van der Waals surface area contributed by atoms with Gasteiger partial charge < -0.3 is 5.32 Å². The smallest absolute Gasteiger partial charge is 0.0343 e. The Hall–Kier alpha value is -2.20. The van der Waals surface area contributed by atoms with Gasteiger partial charge in [0.25, 0.3) is 0 Å². The molecule has 0 bridgehead atoms. The van der Waals surface area contributed by atoms with Crippen LogP contribution < -0.4 is 5.32 Å². The summed E-state index contributed by atoms with van der Waals surface area (Å²) in [7, 11) is 0. The molecule has 1 nitrogen and oxygen atoms in total. The Morgan fingerprint density at radius 1 is 1.05 bits per heavy atom. The van der Waals surface area contributed by atoms with Crippen LogP contribution in [0.4, 0.5) is 5.69 Å². The second kappa shape index (κ2) is 5.20. The largest absolute Gasteiger partial charge is 0.384 e. The third kappa shape index (κ3) is 2.35. The molecular formula is C18H17N. The third-order valence-electron chi connectivity index (χ3n) is 3.55. The van der Waals surface area contributed by atoms with Gasteiger partial charge in [0.05, 0.1) is 0 Å². The number of anilines is 1. The molecule has 1 heteroatoms. The van der Waals surface area contributed by atoms with Crippen molar-refractivity contribution in [3.05, 3.63) is 53.6 Å². The minimum Gasteiger partial charge on any atom is -0.384 e. The van der Waals surface area contributed by atoms with Gasteiger partial charge in [0.15, 0.2) is 0 Å². The molecule has 3 rings (SSSR count). The first kappa shape index (κ1) is 11.9. The Morgan fingerprint density at radius 3 is 2.79 bits per heavy atom. The summed E-state index contributed by atoms with van der Waals surface area (Å²) >= 11 is 0.